The highest BCUT2D eigenvalue weighted by molar-refractivity contribution is 6.15. The van der Waals surface area contributed by atoms with Crippen LogP contribution in [0.2, 0.25) is 0 Å². The molecule has 0 aliphatic carbocycles. The third-order valence-electron chi connectivity index (χ3n) is 4.54. The number of rotatable bonds is 7. The third kappa shape index (κ3) is 3.81. The molecular formula is C22H22O8. The lowest BCUT2D eigenvalue weighted by Crippen LogP contribution is -2.14. The summed E-state index contributed by atoms with van der Waals surface area (Å²) in [5.41, 5.74) is 1.49. The van der Waals surface area contributed by atoms with Crippen LogP contribution >= 0.6 is 0 Å². The Bertz CT molecular complexity index is 1020. The Labute approximate surface area is 173 Å². The molecule has 0 bridgehead atoms. The van der Waals surface area contributed by atoms with E-state index in [2.05, 4.69) is 0 Å². The second-order valence-corrected chi connectivity index (χ2v) is 6.34. The maximum absolute atomic E-state index is 12.8. The summed E-state index contributed by atoms with van der Waals surface area (Å²) in [4.78, 5) is 24.6. The minimum atomic E-state index is -0.546. The van der Waals surface area contributed by atoms with Crippen LogP contribution in [0.25, 0.3) is 6.08 Å². The van der Waals surface area contributed by atoms with Gasteiger partial charge in [-0.1, -0.05) is 0 Å². The van der Waals surface area contributed by atoms with E-state index in [-0.39, 0.29) is 18.1 Å². The molecular weight excluding hydrogens is 392 g/mol. The van der Waals surface area contributed by atoms with Crippen LogP contribution in [0.1, 0.15) is 21.5 Å². The quantitative estimate of drug-likeness (QED) is 0.388. The number of allylic oxidation sites excluding steroid dienone is 1. The summed E-state index contributed by atoms with van der Waals surface area (Å²) in [7, 11) is 5.92. The molecule has 0 aromatic heterocycles. The van der Waals surface area contributed by atoms with Crippen molar-refractivity contribution in [1.82, 2.24) is 0 Å². The number of carbonyl (C=O) groups excluding carboxylic acids is 2. The van der Waals surface area contributed by atoms with Gasteiger partial charge in [-0.05, 0) is 37.3 Å². The average molecular weight is 414 g/mol. The second-order valence-electron chi connectivity index (χ2n) is 6.34. The molecule has 30 heavy (non-hydrogen) atoms. The second kappa shape index (κ2) is 8.87. The van der Waals surface area contributed by atoms with Gasteiger partial charge in [0, 0.05) is 18.2 Å². The maximum Gasteiger partial charge on any atom is 0.337 e. The van der Waals surface area contributed by atoms with Crippen LogP contribution in [0, 0.1) is 6.92 Å². The van der Waals surface area contributed by atoms with Gasteiger partial charge in [-0.3, -0.25) is 4.79 Å². The molecule has 1 heterocycles. The smallest absolute Gasteiger partial charge is 0.337 e. The number of ketones is 1. The molecule has 0 amide bonds. The Kier molecular flexibility index (Phi) is 6.27. The molecule has 0 unspecified atom stereocenters. The molecule has 0 saturated carbocycles. The van der Waals surface area contributed by atoms with Crippen LogP contribution < -0.4 is 23.7 Å². The lowest BCUT2D eigenvalue weighted by molar-refractivity contribution is -0.138. The van der Waals surface area contributed by atoms with E-state index < -0.39 is 5.97 Å². The third-order valence-corrected chi connectivity index (χ3v) is 4.54. The lowest BCUT2D eigenvalue weighted by Gasteiger charge is -2.14. The highest BCUT2D eigenvalue weighted by Crippen LogP contribution is 2.43. The first-order chi connectivity index (χ1) is 14.4. The largest absolute Gasteiger partial charge is 0.493 e. The molecule has 0 atom stereocenters. The number of fused-ring (bicyclic) bond motifs is 1. The minimum absolute atomic E-state index is 0.110. The summed E-state index contributed by atoms with van der Waals surface area (Å²) in [5.74, 6) is 1.22. The van der Waals surface area contributed by atoms with Crippen molar-refractivity contribution in [3.8, 4) is 28.7 Å². The number of esters is 1. The van der Waals surface area contributed by atoms with Crippen molar-refractivity contribution in [2.24, 2.45) is 0 Å². The molecule has 0 N–H and O–H groups in total. The highest BCUT2D eigenvalue weighted by Gasteiger charge is 2.31. The predicted molar refractivity (Wildman–Crippen MR) is 108 cm³/mol. The molecule has 0 fully saturated rings. The summed E-state index contributed by atoms with van der Waals surface area (Å²) in [5, 5.41) is 0. The van der Waals surface area contributed by atoms with E-state index in [9.17, 15) is 9.59 Å². The first kappa shape index (κ1) is 21.2. The Hall–Kier alpha value is -3.52. The van der Waals surface area contributed by atoms with Crippen molar-refractivity contribution in [1.29, 1.82) is 0 Å². The van der Waals surface area contributed by atoms with Crippen LogP contribution in [0.15, 0.2) is 30.0 Å². The first-order valence-corrected chi connectivity index (χ1v) is 9.01. The SMILES string of the molecule is COCC(=O)Oc1ccc2c(c1C)O/C(=C\c1ccc(OC)c(OC)c1OC)C2=O. The molecule has 0 spiro atoms. The number of carbonyl (C=O) groups is 2. The van der Waals surface area contributed by atoms with Gasteiger partial charge in [0.25, 0.3) is 0 Å². The Morgan fingerprint density at radius 3 is 2.30 bits per heavy atom. The highest BCUT2D eigenvalue weighted by atomic mass is 16.6. The molecule has 2 aromatic rings. The molecule has 0 radical (unpaired) electrons. The number of benzene rings is 2. The summed E-state index contributed by atoms with van der Waals surface area (Å²) >= 11 is 0. The van der Waals surface area contributed by atoms with Crippen molar-refractivity contribution in [2.75, 3.05) is 35.0 Å². The summed E-state index contributed by atoms with van der Waals surface area (Å²) < 4.78 is 32.0. The van der Waals surface area contributed by atoms with Gasteiger partial charge in [0.2, 0.25) is 11.5 Å². The van der Waals surface area contributed by atoms with E-state index in [1.807, 2.05) is 0 Å². The zero-order chi connectivity index (χ0) is 21.8. The summed E-state index contributed by atoms with van der Waals surface area (Å²) in [6, 6.07) is 6.56. The van der Waals surface area contributed by atoms with Crippen molar-refractivity contribution in [3.63, 3.8) is 0 Å². The van der Waals surface area contributed by atoms with E-state index in [0.29, 0.717) is 45.4 Å². The molecule has 158 valence electrons. The van der Waals surface area contributed by atoms with E-state index >= 15 is 0 Å². The van der Waals surface area contributed by atoms with Crippen LogP contribution in [-0.4, -0.2) is 46.8 Å². The van der Waals surface area contributed by atoms with Crippen molar-refractivity contribution in [3.05, 3.63) is 46.7 Å². The topological polar surface area (TPSA) is 89.5 Å². The Balaban J connectivity index is 1.98. The van der Waals surface area contributed by atoms with Gasteiger partial charge in [-0.15, -0.1) is 0 Å². The van der Waals surface area contributed by atoms with Crippen molar-refractivity contribution in [2.45, 2.75) is 6.92 Å². The fourth-order valence-electron chi connectivity index (χ4n) is 3.13. The van der Waals surface area contributed by atoms with Gasteiger partial charge in [0.1, 0.15) is 18.1 Å². The fourth-order valence-corrected chi connectivity index (χ4v) is 3.13. The van der Waals surface area contributed by atoms with E-state index in [1.54, 1.807) is 37.3 Å². The minimum Gasteiger partial charge on any atom is -0.493 e. The number of methoxy groups -OCH3 is 4. The van der Waals surface area contributed by atoms with Crippen molar-refractivity contribution < 1.29 is 38.0 Å². The number of hydrogen-bond donors (Lipinski definition) is 0. The number of ether oxygens (including phenoxy) is 6. The maximum atomic E-state index is 12.8. The van der Waals surface area contributed by atoms with Crippen molar-refractivity contribution >= 4 is 17.8 Å². The number of hydrogen-bond acceptors (Lipinski definition) is 8. The molecule has 8 nitrogen and oxygen atoms in total. The fraction of sp³-hybridized carbons (Fsp3) is 0.273. The van der Waals surface area contributed by atoms with Gasteiger partial charge in [-0.25, -0.2) is 4.79 Å². The van der Waals surface area contributed by atoms with E-state index in [4.69, 9.17) is 28.4 Å². The average Bonchev–Trinajstić information content (AvgIpc) is 3.06. The molecule has 8 heteroatoms. The first-order valence-electron chi connectivity index (χ1n) is 9.01. The van der Waals surface area contributed by atoms with Gasteiger partial charge >= 0.3 is 5.97 Å². The van der Waals surface area contributed by atoms with E-state index in [1.165, 1.54) is 28.4 Å². The number of Topliss-reactive ketones (excluding diaryl/α,β-unsaturated/α-hetero) is 1. The Morgan fingerprint density at radius 1 is 0.967 bits per heavy atom. The van der Waals surface area contributed by atoms with Gasteiger partial charge < -0.3 is 28.4 Å². The predicted octanol–water partition coefficient (Wildman–Crippen LogP) is 3.19. The normalized spacial score (nSPS) is 13.6. The molecule has 0 saturated heterocycles. The zero-order valence-electron chi connectivity index (χ0n) is 17.4. The summed E-state index contributed by atoms with van der Waals surface area (Å²) in [6.07, 6.45) is 1.57. The van der Waals surface area contributed by atoms with Crippen LogP contribution in [0.3, 0.4) is 0 Å². The van der Waals surface area contributed by atoms with Crippen LogP contribution in [0.5, 0.6) is 28.7 Å². The Morgan fingerprint density at radius 2 is 1.67 bits per heavy atom. The molecule has 3 rings (SSSR count). The summed E-state index contributed by atoms with van der Waals surface area (Å²) in [6.45, 7) is 1.53. The van der Waals surface area contributed by atoms with E-state index in [0.717, 1.165) is 0 Å². The lowest BCUT2D eigenvalue weighted by atomic mass is 10.1. The zero-order valence-corrected chi connectivity index (χ0v) is 17.4. The molecule has 1 aliphatic rings. The van der Waals surface area contributed by atoms with Crippen LogP contribution in [-0.2, 0) is 9.53 Å². The standard InChI is InChI=1S/C22H22O8/c1-12-15(29-18(23)11-25-2)9-7-14-19(24)17(30-20(12)14)10-13-6-8-16(26-3)22(28-5)21(13)27-4/h6-10H,11H2,1-5H3/b17-10-. The molecule has 2 aromatic carbocycles. The van der Waals surface area contributed by atoms with Gasteiger partial charge in [-0.2, -0.15) is 0 Å². The monoisotopic (exact) mass is 414 g/mol. The molecule has 1 aliphatic heterocycles. The van der Waals surface area contributed by atoms with Crippen LogP contribution in [0.4, 0.5) is 0 Å². The van der Waals surface area contributed by atoms with Gasteiger partial charge in [0.15, 0.2) is 17.3 Å². The van der Waals surface area contributed by atoms with Gasteiger partial charge in [0.05, 0.1) is 26.9 Å².